The molecule has 146 valence electrons. The van der Waals surface area contributed by atoms with Crippen LogP contribution in [0.4, 0.5) is 22.0 Å². The van der Waals surface area contributed by atoms with Crippen molar-refractivity contribution < 1.29 is 40.2 Å². The van der Waals surface area contributed by atoms with Gasteiger partial charge in [-0.3, -0.25) is 0 Å². The SMILES string of the molecule is CN1CCC(Oc2ccc(S(=O)(=O)C(F)(F)F)c3c2CC(F)(F)C3O)C1. The quantitative estimate of drug-likeness (QED) is 0.788. The Hall–Kier alpha value is -1.46. The van der Waals surface area contributed by atoms with E-state index in [1.54, 1.807) is 0 Å². The maximum Gasteiger partial charge on any atom is 0.501 e. The Morgan fingerprint density at radius 1 is 1.31 bits per heavy atom. The maximum absolute atomic E-state index is 14.0. The van der Waals surface area contributed by atoms with Gasteiger partial charge in [0.1, 0.15) is 18.0 Å². The molecule has 1 heterocycles. The minimum Gasteiger partial charge on any atom is -0.489 e. The third kappa shape index (κ3) is 3.05. The first-order chi connectivity index (χ1) is 11.8. The third-order valence-corrected chi connectivity index (χ3v) is 6.14. The Morgan fingerprint density at radius 2 is 1.96 bits per heavy atom. The van der Waals surface area contributed by atoms with Gasteiger partial charge < -0.3 is 14.7 Å². The van der Waals surface area contributed by atoms with Crippen LogP contribution >= 0.6 is 0 Å². The lowest BCUT2D eigenvalue weighted by atomic mass is 10.1. The number of benzene rings is 1. The number of hydrogen-bond donors (Lipinski definition) is 1. The molecule has 2 aliphatic rings. The summed E-state index contributed by atoms with van der Waals surface area (Å²) >= 11 is 0. The van der Waals surface area contributed by atoms with Crippen molar-refractivity contribution >= 4 is 9.84 Å². The highest BCUT2D eigenvalue weighted by molar-refractivity contribution is 7.92. The van der Waals surface area contributed by atoms with Gasteiger partial charge in [-0.1, -0.05) is 0 Å². The van der Waals surface area contributed by atoms with Gasteiger partial charge >= 0.3 is 5.51 Å². The van der Waals surface area contributed by atoms with Crippen LogP contribution in [0.15, 0.2) is 17.0 Å². The molecule has 1 saturated heterocycles. The van der Waals surface area contributed by atoms with E-state index in [4.69, 9.17) is 4.74 Å². The molecule has 0 spiro atoms. The first-order valence-electron chi connectivity index (χ1n) is 7.73. The summed E-state index contributed by atoms with van der Waals surface area (Å²) in [6, 6.07) is 1.52. The van der Waals surface area contributed by atoms with E-state index in [0.717, 1.165) is 6.07 Å². The molecular weight excluding hydrogens is 385 g/mol. The van der Waals surface area contributed by atoms with Crippen LogP contribution in [0.2, 0.25) is 0 Å². The lowest BCUT2D eigenvalue weighted by molar-refractivity contribution is -0.0978. The van der Waals surface area contributed by atoms with Crippen molar-refractivity contribution in [3.8, 4) is 5.75 Å². The lowest BCUT2D eigenvalue weighted by Gasteiger charge is -2.19. The first-order valence-corrected chi connectivity index (χ1v) is 9.21. The van der Waals surface area contributed by atoms with E-state index in [1.807, 2.05) is 11.9 Å². The van der Waals surface area contributed by atoms with Gasteiger partial charge in [-0.15, -0.1) is 0 Å². The van der Waals surface area contributed by atoms with Crippen molar-refractivity contribution in [1.29, 1.82) is 0 Å². The zero-order valence-corrected chi connectivity index (χ0v) is 14.4. The molecule has 1 fully saturated rings. The Kier molecular flexibility index (Phi) is 4.48. The second-order valence-corrected chi connectivity index (χ2v) is 8.44. The number of likely N-dealkylation sites (N-methyl/N-ethyl adjacent to an activating group) is 1. The van der Waals surface area contributed by atoms with Gasteiger partial charge in [0.15, 0.2) is 0 Å². The Balaban J connectivity index is 2.10. The summed E-state index contributed by atoms with van der Waals surface area (Å²) < 4.78 is 95.7. The third-order valence-electron chi connectivity index (χ3n) is 4.60. The van der Waals surface area contributed by atoms with Crippen LogP contribution in [0.25, 0.3) is 0 Å². The van der Waals surface area contributed by atoms with Gasteiger partial charge in [0, 0.05) is 30.6 Å². The second kappa shape index (κ2) is 6.03. The fourth-order valence-corrected chi connectivity index (χ4v) is 4.31. The zero-order chi connectivity index (χ0) is 19.5. The summed E-state index contributed by atoms with van der Waals surface area (Å²) in [5, 5.41) is 9.80. The summed E-state index contributed by atoms with van der Waals surface area (Å²) in [5.74, 6) is -3.91. The van der Waals surface area contributed by atoms with Crippen molar-refractivity contribution in [1.82, 2.24) is 4.90 Å². The smallest absolute Gasteiger partial charge is 0.489 e. The molecule has 3 rings (SSSR count). The van der Waals surface area contributed by atoms with Crippen molar-refractivity contribution in [2.45, 2.75) is 41.4 Å². The average Bonchev–Trinajstić information content (AvgIpc) is 3.01. The molecule has 26 heavy (non-hydrogen) atoms. The number of aliphatic hydroxyl groups is 1. The first kappa shape index (κ1) is 19.3. The van der Waals surface area contributed by atoms with Crippen molar-refractivity contribution in [3.63, 3.8) is 0 Å². The van der Waals surface area contributed by atoms with Crippen LogP contribution in [0.1, 0.15) is 23.7 Å². The van der Waals surface area contributed by atoms with E-state index in [2.05, 4.69) is 0 Å². The van der Waals surface area contributed by atoms with Crippen LogP contribution in [-0.2, 0) is 16.3 Å². The second-order valence-electron chi connectivity index (χ2n) is 6.53. The summed E-state index contributed by atoms with van der Waals surface area (Å²) in [6.45, 7) is 1.20. The summed E-state index contributed by atoms with van der Waals surface area (Å²) in [5.41, 5.74) is -7.01. The molecule has 0 saturated carbocycles. The Labute approximate surface area is 146 Å². The van der Waals surface area contributed by atoms with E-state index in [0.29, 0.717) is 25.6 Å². The summed E-state index contributed by atoms with van der Waals surface area (Å²) in [4.78, 5) is 0.567. The van der Waals surface area contributed by atoms with Crippen LogP contribution in [0.5, 0.6) is 5.75 Å². The number of ether oxygens (including phenoxy) is 1. The predicted molar refractivity (Wildman–Crippen MR) is 79.8 cm³/mol. The molecular formula is C15H16F5NO4S. The number of halogens is 5. The molecule has 2 atom stereocenters. The fraction of sp³-hybridized carbons (Fsp3) is 0.600. The van der Waals surface area contributed by atoms with Crippen molar-refractivity contribution in [2.75, 3.05) is 20.1 Å². The number of fused-ring (bicyclic) bond motifs is 1. The molecule has 1 aliphatic carbocycles. The van der Waals surface area contributed by atoms with Gasteiger partial charge in [0.25, 0.3) is 15.8 Å². The molecule has 1 N–H and O–H groups in total. The van der Waals surface area contributed by atoms with Crippen molar-refractivity contribution in [2.24, 2.45) is 0 Å². The lowest BCUT2D eigenvalue weighted by Crippen LogP contribution is -2.26. The number of aliphatic hydroxyl groups excluding tert-OH is 1. The van der Waals surface area contributed by atoms with E-state index in [1.165, 1.54) is 0 Å². The van der Waals surface area contributed by atoms with Crippen molar-refractivity contribution in [3.05, 3.63) is 23.3 Å². The number of hydrogen-bond acceptors (Lipinski definition) is 5. The van der Waals surface area contributed by atoms with Gasteiger partial charge in [0.05, 0.1) is 4.90 Å². The largest absolute Gasteiger partial charge is 0.501 e. The number of rotatable bonds is 3. The standard InChI is InChI=1S/C15H16F5NO4S/c1-21-5-4-8(7-21)25-10-2-3-11(26(23,24)15(18,19)20)12-9(10)6-14(16,17)13(12)22/h2-3,8,13,22H,4-7H2,1H3. The Morgan fingerprint density at radius 3 is 2.50 bits per heavy atom. The van der Waals surface area contributed by atoms with Gasteiger partial charge in [0.2, 0.25) is 0 Å². The Bertz CT molecular complexity index is 824. The van der Waals surface area contributed by atoms with Gasteiger partial charge in [-0.2, -0.15) is 13.2 Å². The fourth-order valence-electron chi connectivity index (χ4n) is 3.29. The minimum absolute atomic E-state index is 0.127. The molecule has 11 heteroatoms. The van der Waals surface area contributed by atoms with E-state index in [9.17, 15) is 35.5 Å². The minimum atomic E-state index is -5.89. The highest BCUT2D eigenvalue weighted by atomic mass is 32.2. The number of likely N-dealkylation sites (tertiary alicyclic amines) is 1. The topological polar surface area (TPSA) is 66.8 Å². The van der Waals surface area contributed by atoms with E-state index >= 15 is 0 Å². The summed E-state index contributed by atoms with van der Waals surface area (Å²) in [7, 11) is -4.07. The molecule has 0 amide bonds. The highest BCUT2D eigenvalue weighted by Crippen LogP contribution is 2.50. The molecule has 1 aliphatic heterocycles. The van der Waals surface area contributed by atoms with Crippen LogP contribution < -0.4 is 4.74 Å². The summed E-state index contributed by atoms with van der Waals surface area (Å²) in [6.07, 6.45) is -3.52. The monoisotopic (exact) mass is 401 g/mol. The van der Waals surface area contributed by atoms with Gasteiger partial charge in [-0.25, -0.2) is 17.2 Å². The van der Waals surface area contributed by atoms with Gasteiger partial charge in [-0.05, 0) is 25.6 Å². The molecule has 5 nitrogen and oxygen atoms in total. The molecule has 2 unspecified atom stereocenters. The van der Waals surface area contributed by atoms with Crippen LogP contribution in [-0.4, -0.2) is 56.1 Å². The predicted octanol–water partition coefficient (Wildman–Crippen LogP) is 2.29. The molecule has 1 aromatic carbocycles. The van der Waals surface area contributed by atoms with E-state index < -0.39 is 49.8 Å². The molecule has 0 radical (unpaired) electrons. The molecule has 0 bridgehead atoms. The highest BCUT2D eigenvalue weighted by Gasteiger charge is 2.55. The van der Waals surface area contributed by atoms with Crippen LogP contribution in [0, 0.1) is 0 Å². The number of sulfone groups is 1. The molecule has 0 aromatic heterocycles. The molecule has 1 aromatic rings. The normalized spacial score (nSPS) is 26.1. The number of alkyl halides is 5. The van der Waals surface area contributed by atoms with E-state index in [-0.39, 0.29) is 11.9 Å². The average molecular weight is 401 g/mol. The zero-order valence-electron chi connectivity index (χ0n) is 13.6. The van der Waals surface area contributed by atoms with Crippen LogP contribution in [0.3, 0.4) is 0 Å². The maximum atomic E-state index is 14.0. The number of nitrogens with zero attached hydrogens (tertiary/aromatic N) is 1.